The molecule has 3 aromatic rings. The van der Waals surface area contributed by atoms with Crippen LogP contribution in [0.2, 0.25) is 0 Å². The van der Waals surface area contributed by atoms with Crippen LogP contribution in [0.25, 0.3) is 10.9 Å². The molecule has 25 heavy (non-hydrogen) atoms. The lowest BCUT2D eigenvalue weighted by molar-refractivity contribution is 0.310. The molecule has 132 valence electrons. The lowest BCUT2D eigenvalue weighted by Gasteiger charge is -2.16. The van der Waals surface area contributed by atoms with Crippen molar-refractivity contribution in [3.05, 3.63) is 59.3 Å². The van der Waals surface area contributed by atoms with Crippen molar-refractivity contribution in [1.82, 2.24) is 4.98 Å². The van der Waals surface area contributed by atoms with Gasteiger partial charge in [-0.2, -0.15) is 0 Å². The van der Waals surface area contributed by atoms with Crippen molar-refractivity contribution >= 4 is 10.9 Å². The van der Waals surface area contributed by atoms with Crippen molar-refractivity contribution in [2.75, 3.05) is 20.3 Å². The first-order valence-electron chi connectivity index (χ1n) is 8.73. The van der Waals surface area contributed by atoms with Crippen molar-refractivity contribution in [3.8, 4) is 11.5 Å². The summed E-state index contributed by atoms with van der Waals surface area (Å²) in [7, 11) is 1.67. The average molecular weight is 338 g/mol. The molecular formula is C21H26N2O2. The Morgan fingerprint density at radius 2 is 1.96 bits per heavy atom. The van der Waals surface area contributed by atoms with Gasteiger partial charge in [0.2, 0.25) is 0 Å². The fourth-order valence-electron chi connectivity index (χ4n) is 3.31. The number of H-pyrrole nitrogens is 1. The molecule has 0 aliphatic heterocycles. The fourth-order valence-corrected chi connectivity index (χ4v) is 3.31. The molecule has 1 heterocycles. The van der Waals surface area contributed by atoms with Gasteiger partial charge in [0.1, 0.15) is 0 Å². The van der Waals surface area contributed by atoms with Gasteiger partial charge in [0, 0.05) is 23.0 Å². The summed E-state index contributed by atoms with van der Waals surface area (Å²) in [5.74, 6) is 1.80. The Morgan fingerprint density at radius 1 is 1.12 bits per heavy atom. The standard InChI is InChI=1S/C21H26N2O2/c1-4-25-20-8-6-15(11-21(20)24-3)10-16(12-22)18-13-23-19-7-5-14(2)9-17(18)19/h5-9,11,13,16,23H,4,10,12,22H2,1-3H3. The molecule has 3 rings (SSSR count). The Balaban J connectivity index is 1.90. The number of hydrogen-bond donors (Lipinski definition) is 2. The van der Waals surface area contributed by atoms with Gasteiger partial charge >= 0.3 is 0 Å². The summed E-state index contributed by atoms with van der Waals surface area (Å²) < 4.78 is 11.1. The van der Waals surface area contributed by atoms with Gasteiger partial charge < -0.3 is 20.2 Å². The average Bonchev–Trinajstić information content (AvgIpc) is 3.03. The number of nitrogens with one attached hydrogen (secondary N) is 1. The Kier molecular flexibility index (Phi) is 5.29. The zero-order chi connectivity index (χ0) is 17.8. The molecule has 0 saturated heterocycles. The predicted molar refractivity (Wildman–Crippen MR) is 103 cm³/mol. The number of methoxy groups -OCH3 is 1. The Hall–Kier alpha value is -2.46. The molecule has 0 bridgehead atoms. The van der Waals surface area contributed by atoms with Gasteiger partial charge in [-0.25, -0.2) is 0 Å². The van der Waals surface area contributed by atoms with Crippen LogP contribution in [0.5, 0.6) is 11.5 Å². The summed E-state index contributed by atoms with van der Waals surface area (Å²) >= 11 is 0. The lowest BCUT2D eigenvalue weighted by atomic mass is 9.91. The van der Waals surface area contributed by atoms with Crippen LogP contribution < -0.4 is 15.2 Å². The van der Waals surface area contributed by atoms with E-state index < -0.39 is 0 Å². The monoisotopic (exact) mass is 338 g/mol. The van der Waals surface area contributed by atoms with Gasteiger partial charge in [-0.15, -0.1) is 0 Å². The molecule has 3 N–H and O–H groups in total. The number of rotatable bonds is 7. The Labute approximate surface area is 149 Å². The highest BCUT2D eigenvalue weighted by Gasteiger charge is 2.16. The zero-order valence-corrected chi connectivity index (χ0v) is 15.1. The molecule has 1 unspecified atom stereocenters. The molecule has 0 radical (unpaired) electrons. The van der Waals surface area contributed by atoms with Gasteiger partial charge in [0.05, 0.1) is 13.7 Å². The van der Waals surface area contributed by atoms with Crippen LogP contribution in [0.4, 0.5) is 0 Å². The second kappa shape index (κ2) is 7.62. The third kappa shape index (κ3) is 3.64. The fraction of sp³-hybridized carbons (Fsp3) is 0.333. The third-order valence-corrected chi connectivity index (χ3v) is 4.60. The van der Waals surface area contributed by atoms with Crippen LogP contribution >= 0.6 is 0 Å². The molecule has 1 atom stereocenters. The summed E-state index contributed by atoms with van der Waals surface area (Å²) in [6.07, 6.45) is 2.95. The van der Waals surface area contributed by atoms with Crippen LogP contribution in [0.3, 0.4) is 0 Å². The Bertz CT molecular complexity index is 854. The van der Waals surface area contributed by atoms with E-state index >= 15 is 0 Å². The third-order valence-electron chi connectivity index (χ3n) is 4.60. The van der Waals surface area contributed by atoms with Crippen molar-refractivity contribution in [2.45, 2.75) is 26.2 Å². The second-order valence-electron chi connectivity index (χ2n) is 6.35. The molecule has 4 nitrogen and oxygen atoms in total. The van der Waals surface area contributed by atoms with E-state index in [4.69, 9.17) is 15.2 Å². The van der Waals surface area contributed by atoms with Gasteiger partial charge in [0.25, 0.3) is 0 Å². The van der Waals surface area contributed by atoms with E-state index in [0.717, 1.165) is 23.4 Å². The van der Waals surface area contributed by atoms with E-state index in [-0.39, 0.29) is 5.92 Å². The van der Waals surface area contributed by atoms with E-state index in [1.54, 1.807) is 7.11 Å². The van der Waals surface area contributed by atoms with E-state index in [2.05, 4.69) is 42.4 Å². The first kappa shape index (κ1) is 17.4. The Morgan fingerprint density at radius 3 is 2.68 bits per heavy atom. The molecule has 0 aliphatic rings. The highest BCUT2D eigenvalue weighted by atomic mass is 16.5. The molecule has 1 aromatic heterocycles. The number of aryl methyl sites for hydroxylation is 1. The van der Waals surface area contributed by atoms with E-state index in [9.17, 15) is 0 Å². The minimum Gasteiger partial charge on any atom is -0.493 e. The first-order valence-corrected chi connectivity index (χ1v) is 8.73. The van der Waals surface area contributed by atoms with Crippen LogP contribution in [-0.2, 0) is 6.42 Å². The summed E-state index contributed by atoms with van der Waals surface area (Å²) in [6, 6.07) is 12.6. The maximum Gasteiger partial charge on any atom is 0.161 e. The highest BCUT2D eigenvalue weighted by molar-refractivity contribution is 5.84. The van der Waals surface area contributed by atoms with Crippen molar-refractivity contribution in [2.24, 2.45) is 5.73 Å². The number of hydrogen-bond acceptors (Lipinski definition) is 3. The first-order chi connectivity index (χ1) is 12.2. The van der Waals surface area contributed by atoms with E-state index in [1.165, 1.54) is 22.1 Å². The van der Waals surface area contributed by atoms with E-state index in [0.29, 0.717) is 13.2 Å². The molecular weight excluding hydrogens is 312 g/mol. The summed E-state index contributed by atoms with van der Waals surface area (Å²) in [5, 5.41) is 1.26. The van der Waals surface area contributed by atoms with Gasteiger partial charge in [0.15, 0.2) is 11.5 Å². The quantitative estimate of drug-likeness (QED) is 0.680. The normalized spacial score (nSPS) is 12.3. The highest BCUT2D eigenvalue weighted by Crippen LogP contribution is 2.32. The smallest absolute Gasteiger partial charge is 0.161 e. The molecule has 0 fully saturated rings. The van der Waals surface area contributed by atoms with Crippen molar-refractivity contribution < 1.29 is 9.47 Å². The molecule has 0 spiro atoms. The van der Waals surface area contributed by atoms with Crippen molar-refractivity contribution in [3.63, 3.8) is 0 Å². The molecule has 0 saturated carbocycles. The number of nitrogens with two attached hydrogens (primary N) is 1. The van der Waals surface area contributed by atoms with Crippen LogP contribution in [0.15, 0.2) is 42.6 Å². The number of benzene rings is 2. The van der Waals surface area contributed by atoms with Crippen LogP contribution in [0, 0.1) is 6.92 Å². The number of ether oxygens (including phenoxy) is 2. The summed E-state index contributed by atoms with van der Waals surface area (Å²) in [4.78, 5) is 3.36. The maximum absolute atomic E-state index is 6.12. The zero-order valence-electron chi connectivity index (χ0n) is 15.1. The number of aromatic nitrogens is 1. The van der Waals surface area contributed by atoms with Gasteiger partial charge in [-0.05, 0) is 62.2 Å². The largest absolute Gasteiger partial charge is 0.493 e. The van der Waals surface area contributed by atoms with Crippen LogP contribution in [-0.4, -0.2) is 25.2 Å². The SMILES string of the molecule is CCOc1ccc(CC(CN)c2c[nH]c3ccc(C)cc23)cc1OC. The second-order valence-corrected chi connectivity index (χ2v) is 6.35. The molecule has 2 aromatic carbocycles. The summed E-state index contributed by atoms with van der Waals surface area (Å²) in [6.45, 7) is 5.30. The lowest BCUT2D eigenvalue weighted by Crippen LogP contribution is -2.15. The van der Waals surface area contributed by atoms with Crippen LogP contribution in [0.1, 0.15) is 29.5 Å². The minimum absolute atomic E-state index is 0.248. The minimum atomic E-state index is 0.248. The predicted octanol–water partition coefficient (Wildman–Crippen LogP) is 4.17. The van der Waals surface area contributed by atoms with E-state index in [1.807, 2.05) is 19.1 Å². The van der Waals surface area contributed by atoms with Gasteiger partial charge in [-0.3, -0.25) is 0 Å². The number of fused-ring (bicyclic) bond motifs is 1. The molecule has 4 heteroatoms. The summed E-state index contributed by atoms with van der Waals surface area (Å²) in [5.41, 5.74) is 11.0. The van der Waals surface area contributed by atoms with Gasteiger partial charge in [-0.1, -0.05) is 17.7 Å². The topological polar surface area (TPSA) is 60.3 Å². The number of aromatic amines is 1. The molecule has 0 aliphatic carbocycles. The van der Waals surface area contributed by atoms with Crippen molar-refractivity contribution in [1.29, 1.82) is 0 Å². The maximum atomic E-state index is 6.12. The molecule has 0 amide bonds.